The van der Waals surface area contributed by atoms with E-state index in [0.29, 0.717) is 29.7 Å². The number of carboxylic acids is 1. The highest BCUT2D eigenvalue weighted by Gasteiger charge is 2.56. The number of halogens is 3. The largest absolute Gasteiger partial charge is 0.476 e. The number of benzene rings is 2. The van der Waals surface area contributed by atoms with Crippen molar-refractivity contribution < 1.29 is 36.2 Å². The molecule has 2 aromatic rings. The van der Waals surface area contributed by atoms with Gasteiger partial charge in [0, 0.05) is 18.3 Å². The van der Waals surface area contributed by atoms with Gasteiger partial charge in [-0.25, -0.2) is 13.2 Å². The smallest absolute Gasteiger partial charge is 0.368 e. The average molecular weight is 516 g/mol. The second kappa shape index (κ2) is 10.3. The Bertz CT molecular complexity index is 1190. The van der Waals surface area contributed by atoms with E-state index in [1.165, 1.54) is 6.07 Å². The Hall–Kier alpha value is -2.66. The molecule has 0 saturated carbocycles. The molecule has 1 aliphatic heterocycles. The molecule has 0 bridgehead atoms. The van der Waals surface area contributed by atoms with Crippen molar-refractivity contribution >= 4 is 38.9 Å². The Balaban J connectivity index is 2.27. The minimum Gasteiger partial charge on any atom is -0.476 e. The average Bonchev–Trinajstić information content (AvgIpc) is 2.87. The van der Waals surface area contributed by atoms with Crippen molar-refractivity contribution in [2.45, 2.75) is 41.2 Å². The number of unbranched alkanes of at least 4 members (excludes halogenated alkanes) is 1. The van der Waals surface area contributed by atoms with Crippen LogP contribution in [0.5, 0.6) is 5.75 Å². The maximum atomic E-state index is 15.5. The van der Waals surface area contributed by atoms with E-state index >= 15 is 8.78 Å². The molecular weight excluding hydrogens is 491 g/mol. The molecule has 1 unspecified atom stereocenters. The molecule has 184 valence electrons. The van der Waals surface area contributed by atoms with Gasteiger partial charge in [0.25, 0.3) is 0 Å². The summed E-state index contributed by atoms with van der Waals surface area (Å²) in [6.07, 6.45) is 3.00. The number of sulfone groups is 1. The molecule has 0 aromatic heterocycles. The van der Waals surface area contributed by atoms with Gasteiger partial charge < -0.3 is 14.7 Å². The molecule has 0 spiro atoms. The Morgan fingerprint density at radius 1 is 1.29 bits per heavy atom. The summed E-state index contributed by atoms with van der Waals surface area (Å²) < 4.78 is 76.1. The van der Waals surface area contributed by atoms with Crippen LogP contribution in [0, 0.1) is 5.92 Å². The van der Waals surface area contributed by atoms with E-state index in [2.05, 4.69) is 0 Å². The first-order chi connectivity index (χ1) is 16.0. The third-order valence-electron chi connectivity index (χ3n) is 5.53. The van der Waals surface area contributed by atoms with Gasteiger partial charge in [0.2, 0.25) is 15.7 Å². The van der Waals surface area contributed by atoms with Crippen LogP contribution in [0.25, 0.3) is 0 Å². The van der Waals surface area contributed by atoms with Crippen molar-refractivity contribution in [1.29, 1.82) is 0 Å². The van der Waals surface area contributed by atoms with Gasteiger partial charge in [-0.2, -0.15) is 13.2 Å². The Kier molecular flexibility index (Phi) is 7.87. The predicted molar refractivity (Wildman–Crippen MR) is 124 cm³/mol. The van der Waals surface area contributed by atoms with Crippen molar-refractivity contribution in [2.24, 2.45) is 5.92 Å². The fraction of sp³-hybridized carbons (Fsp3) is 0.348. The van der Waals surface area contributed by atoms with Crippen LogP contribution in [0.3, 0.4) is 0 Å². The number of anilines is 2. The molecule has 1 atom stereocenters. The highest BCUT2D eigenvalue weighted by Crippen LogP contribution is 2.49. The van der Waals surface area contributed by atoms with Gasteiger partial charge in [-0.05, 0) is 30.9 Å². The van der Waals surface area contributed by atoms with E-state index in [1.807, 2.05) is 6.92 Å². The van der Waals surface area contributed by atoms with E-state index in [-0.39, 0.29) is 24.4 Å². The number of hydrogen-bond acceptors (Lipinski definition) is 6. The number of thioether (sulfide) groups is 1. The van der Waals surface area contributed by atoms with Crippen LogP contribution < -0.4 is 9.64 Å². The predicted octanol–water partition coefficient (Wildman–Crippen LogP) is 6.01. The fourth-order valence-electron chi connectivity index (χ4n) is 3.73. The van der Waals surface area contributed by atoms with Gasteiger partial charge in [0.15, 0.2) is 0 Å². The number of hydrogen-bond donors (Lipinski definition) is 1. The van der Waals surface area contributed by atoms with Gasteiger partial charge in [-0.1, -0.05) is 38.0 Å². The van der Waals surface area contributed by atoms with Crippen LogP contribution in [-0.4, -0.2) is 37.5 Å². The lowest BCUT2D eigenvalue weighted by Crippen LogP contribution is -2.40. The van der Waals surface area contributed by atoms with Gasteiger partial charge in [-0.15, -0.1) is 11.8 Å². The number of carboxylic acid groups (broad SMARTS) is 1. The number of para-hydroxylation sites is 1. The molecule has 0 fully saturated rings. The first-order valence-electron chi connectivity index (χ1n) is 10.5. The van der Waals surface area contributed by atoms with Crippen molar-refractivity contribution in [3.05, 3.63) is 54.6 Å². The van der Waals surface area contributed by atoms with Gasteiger partial charge in [0.1, 0.15) is 16.9 Å². The molecule has 1 N–H and O–H groups in total. The summed E-state index contributed by atoms with van der Waals surface area (Å²) in [6, 6.07) is 10.9. The molecule has 0 amide bonds. The molecule has 34 heavy (non-hydrogen) atoms. The van der Waals surface area contributed by atoms with Crippen LogP contribution in [0.2, 0.25) is 0 Å². The second-order valence-corrected chi connectivity index (χ2v) is 10.5. The van der Waals surface area contributed by atoms with Gasteiger partial charge in [0.05, 0.1) is 16.5 Å². The quantitative estimate of drug-likeness (QED) is 0.262. The number of alkyl halides is 2. The highest BCUT2D eigenvalue weighted by molar-refractivity contribution is 7.98. The fourth-order valence-corrected chi connectivity index (χ4v) is 5.90. The summed E-state index contributed by atoms with van der Waals surface area (Å²) in [5, 5.41) is 4.63. The van der Waals surface area contributed by atoms with E-state index in [0.717, 1.165) is 17.8 Å². The summed E-state index contributed by atoms with van der Waals surface area (Å²) in [5.41, 5.74) is 0.583. The first-order valence-corrected chi connectivity index (χ1v) is 13.2. The Labute approximate surface area is 200 Å². The second-order valence-electron chi connectivity index (χ2n) is 7.71. The van der Waals surface area contributed by atoms with Crippen LogP contribution >= 0.6 is 11.8 Å². The van der Waals surface area contributed by atoms with Gasteiger partial charge >= 0.3 is 11.2 Å². The number of nitrogens with zero attached hydrogens (tertiary/aromatic N) is 1. The normalized spacial score (nSPS) is 19.3. The maximum absolute atomic E-state index is 15.5. The summed E-state index contributed by atoms with van der Waals surface area (Å²) >= 11 is 1.11. The Morgan fingerprint density at radius 2 is 1.97 bits per heavy atom. The minimum absolute atomic E-state index is 0.00531. The van der Waals surface area contributed by atoms with E-state index < -0.39 is 37.7 Å². The molecule has 1 heterocycles. The van der Waals surface area contributed by atoms with Crippen molar-refractivity contribution in [1.82, 2.24) is 0 Å². The number of aliphatic carboxylic acids is 1. The molecule has 2 aromatic carbocycles. The minimum atomic E-state index is -5.17. The van der Waals surface area contributed by atoms with E-state index in [9.17, 15) is 17.6 Å². The zero-order valence-corrected chi connectivity index (χ0v) is 20.1. The lowest BCUT2D eigenvalue weighted by atomic mass is 10.0. The van der Waals surface area contributed by atoms with Crippen molar-refractivity contribution in [3.63, 3.8) is 0 Å². The molecule has 1 aliphatic rings. The third-order valence-corrected chi connectivity index (χ3v) is 8.24. The summed E-state index contributed by atoms with van der Waals surface area (Å²) in [7, 11) is -5.17. The molecule has 0 saturated heterocycles. The number of ether oxygens (including phenoxy) is 1. The standard InChI is InChI=1S/C23H24F3NO5S2/c1-3-4-8-15-13-27(16-9-6-5-7-10-16)18-11-20(33-2)19(32-14-17(24)22(28)29)12-21(18)34(30,31)23(15,25)26/h5-7,9-12,14-15H,3-4,8,13H2,1-2H3,(H,28,29)/b17-14-. The van der Waals surface area contributed by atoms with Gasteiger partial charge in [-0.3, -0.25) is 0 Å². The summed E-state index contributed by atoms with van der Waals surface area (Å²) in [6.45, 7) is 1.61. The molecule has 0 aliphatic carbocycles. The van der Waals surface area contributed by atoms with Crippen LogP contribution in [0.1, 0.15) is 26.2 Å². The third kappa shape index (κ3) is 4.90. The van der Waals surface area contributed by atoms with Crippen LogP contribution in [-0.2, 0) is 14.6 Å². The highest BCUT2D eigenvalue weighted by atomic mass is 32.2. The molecule has 0 radical (unpaired) electrons. The topological polar surface area (TPSA) is 83.9 Å². The van der Waals surface area contributed by atoms with E-state index in [4.69, 9.17) is 9.84 Å². The summed E-state index contributed by atoms with van der Waals surface area (Å²) in [4.78, 5) is 11.9. The zero-order valence-electron chi connectivity index (χ0n) is 18.5. The lowest BCUT2D eigenvalue weighted by Gasteiger charge is -2.29. The van der Waals surface area contributed by atoms with Crippen molar-refractivity contribution in [2.75, 3.05) is 17.7 Å². The molecular formula is C23H24F3NO5S2. The molecule has 3 rings (SSSR count). The number of rotatable bonds is 8. The Morgan fingerprint density at radius 3 is 2.56 bits per heavy atom. The lowest BCUT2D eigenvalue weighted by molar-refractivity contribution is -0.134. The maximum Gasteiger partial charge on any atom is 0.368 e. The monoisotopic (exact) mass is 515 g/mol. The molecule has 6 nitrogen and oxygen atoms in total. The summed E-state index contributed by atoms with van der Waals surface area (Å²) in [5.74, 6) is -5.23. The van der Waals surface area contributed by atoms with E-state index in [1.54, 1.807) is 41.5 Å². The molecule has 11 heteroatoms. The van der Waals surface area contributed by atoms with Crippen LogP contribution in [0.15, 0.2) is 64.3 Å². The van der Waals surface area contributed by atoms with Crippen molar-refractivity contribution in [3.8, 4) is 5.75 Å². The number of fused-ring (bicyclic) bond motifs is 1. The zero-order chi connectivity index (χ0) is 25.1. The van der Waals surface area contributed by atoms with Crippen LogP contribution in [0.4, 0.5) is 24.5 Å². The SMILES string of the molecule is CCCCC1CN(c2ccccc2)c2cc(SC)c(O/C=C(\F)C(=O)O)cc2S(=O)(=O)C1(F)F. The first kappa shape index (κ1) is 26.0. The number of carbonyl (C=O) groups is 1.